The first kappa shape index (κ1) is 16.2. The molecule has 0 aliphatic heterocycles. The van der Waals surface area contributed by atoms with Gasteiger partial charge in [0.2, 0.25) is 0 Å². The molecule has 0 aliphatic carbocycles. The number of rotatable bonds is 7. The number of hydrogen-bond donors (Lipinski definition) is 1. The number of halogens is 1. The van der Waals surface area contributed by atoms with Crippen molar-refractivity contribution in [2.45, 2.75) is 58.9 Å². The van der Waals surface area contributed by atoms with Gasteiger partial charge >= 0.3 is 0 Å². The average Bonchev–Trinajstić information content (AvgIpc) is 2.39. The highest BCUT2D eigenvalue weighted by molar-refractivity contribution is 9.10. The molecule has 0 heterocycles. The minimum Gasteiger partial charge on any atom is -0.349 e. The molecule has 1 aromatic carbocycles. The zero-order valence-corrected chi connectivity index (χ0v) is 13.7. The number of carbonyl (C=O) groups is 1. The molecule has 1 atom stereocenters. The lowest BCUT2D eigenvalue weighted by molar-refractivity contribution is 0.0932. The van der Waals surface area contributed by atoms with Crippen LogP contribution in [0.25, 0.3) is 0 Å². The Morgan fingerprint density at radius 3 is 2.58 bits per heavy atom. The van der Waals surface area contributed by atoms with E-state index in [1.165, 1.54) is 12.8 Å². The fourth-order valence-electron chi connectivity index (χ4n) is 2.14. The van der Waals surface area contributed by atoms with Crippen molar-refractivity contribution < 1.29 is 4.79 Å². The van der Waals surface area contributed by atoms with Crippen LogP contribution >= 0.6 is 15.9 Å². The van der Waals surface area contributed by atoms with Crippen LogP contribution < -0.4 is 5.32 Å². The maximum absolute atomic E-state index is 12.2. The van der Waals surface area contributed by atoms with Gasteiger partial charge in [-0.15, -0.1) is 0 Å². The van der Waals surface area contributed by atoms with E-state index in [4.69, 9.17) is 0 Å². The van der Waals surface area contributed by atoms with Crippen molar-refractivity contribution in [1.29, 1.82) is 0 Å². The van der Waals surface area contributed by atoms with Crippen LogP contribution in [0.4, 0.5) is 0 Å². The molecule has 1 N–H and O–H groups in total. The van der Waals surface area contributed by atoms with E-state index in [0.29, 0.717) is 6.04 Å². The fraction of sp³-hybridized carbons (Fsp3) is 0.562. The Kier molecular flexibility index (Phi) is 7.14. The maximum atomic E-state index is 12.2. The van der Waals surface area contributed by atoms with Crippen molar-refractivity contribution in [2.24, 2.45) is 0 Å². The molecule has 106 valence electrons. The molecule has 1 rings (SSSR count). The molecule has 0 aliphatic rings. The van der Waals surface area contributed by atoms with Gasteiger partial charge in [-0.1, -0.05) is 49.0 Å². The summed E-state index contributed by atoms with van der Waals surface area (Å²) in [6.45, 7) is 6.35. The van der Waals surface area contributed by atoms with E-state index in [0.717, 1.165) is 34.9 Å². The van der Waals surface area contributed by atoms with Gasteiger partial charge in [-0.05, 0) is 43.5 Å². The summed E-state index contributed by atoms with van der Waals surface area (Å²) in [6.07, 6.45) is 5.58. The first-order valence-electron chi connectivity index (χ1n) is 7.15. The highest BCUT2D eigenvalue weighted by Gasteiger charge is 2.13. The third-order valence-electron chi connectivity index (χ3n) is 3.30. The lowest BCUT2D eigenvalue weighted by atomic mass is 10.0. The predicted octanol–water partition coefficient (Wildman–Crippen LogP) is 4.85. The van der Waals surface area contributed by atoms with Crippen LogP contribution in [0.3, 0.4) is 0 Å². The molecule has 3 heteroatoms. The molecule has 19 heavy (non-hydrogen) atoms. The van der Waals surface area contributed by atoms with Crippen LogP contribution in [-0.2, 0) is 0 Å². The number of carbonyl (C=O) groups excluding carboxylic acids is 1. The Hall–Kier alpha value is -0.830. The van der Waals surface area contributed by atoms with Gasteiger partial charge < -0.3 is 5.32 Å². The van der Waals surface area contributed by atoms with Crippen LogP contribution in [0.2, 0.25) is 0 Å². The zero-order chi connectivity index (χ0) is 14.3. The van der Waals surface area contributed by atoms with Crippen molar-refractivity contribution >= 4 is 21.8 Å². The van der Waals surface area contributed by atoms with Crippen LogP contribution in [-0.4, -0.2) is 11.9 Å². The summed E-state index contributed by atoms with van der Waals surface area (Å²) in [4.78, 5) is 12.2. The van der Waals surface area contributed by atoms with E-state index in [1.54, 1.807) is 0 Å². The van der Waals surface area contributed by atoms with E-state index < -0.39 is 0 Å². The summed E-state index contributed by atoms with van der Waals surface area (Å²) in [5, 5.41) is 3.16. The quantitative estimate of drug-likeness (QED) is 0.763. The normalized spacial score (nSPS) is 12.2. The highest BCUT2D eigenvalue weighted by atomic mass is 79.9. The van der Waals surface area contributed by atoms with Gasteiger partial charge in [0, 0.05) is 16.1 Å². The minimum atomic E-state index is 0.0464. The highest BCUT2D eigenvalue weighted by Crippen LogP contribution is 2.17. The number of aryl methyl sites for hydroxylation is 1. The molecule has 1 aromatic rings. The summed E-state index contributed by atoms with van der Waals surface area (Å²) < 4.78 is 1.04. The Bertz CT molecular complexity index is 417. The Morgan fingerprint density at radius 2 is 2.00 bits per heavy atom. The van der Waals surface area contributed by atoms with Gasteiger partial charge in [0.15, 0.2) is 0 Å². The lowest BCUT2D eigenvalue weighted by Crippen LogP contribution is -2.34. The summed E-state index contributed by atoms with van der Waals surface area (Å²) in [5.74, 6) is 0.0464. The second kappa shape index (κ2) is 8.36. The molecule has 1 unspecified atom stereocenters. The van der Waals surface area contributed by atoms with E-state index in [2.05, 4.69) is 35.1 Å². The molecule has 0 fully saturated rings. The van der Waals surface area contributed by atoms with E-state index in [-0.39, 0.29) is 5.91 Å². The monoisotopic (exact) mass is 325 g/mol. The van der Waals surface area contributed by atoms with Gasteiger partial charge in [0.25, 0.3) is 5.91 Å². The SMILES string of the molecule is CCCCC(CCC)NC(=O)c1ccc(Br)c(C)c1. The van der Waals surface area contributed by atoms with Crippen LogP contribution in [0.1, 0.15) is 61.9 Å². The van der Waals surface area contributed by atoms with E-state index in [9.17, 15) is 4.79 Å². The van der Waals surface area contributed by atoms with Gasteiger partial charge in [-0.25, -0.2) is 0 Å². The molecule has 0 spiro atoms. The third-order valence-corrected chi connectivity index (χ3v) is 4.19. The number of benzene rings is 1. The summed E-state index contributed by atoms with van der Waals surface area (Å²) in [6, 6.07) is 6.05. The second-order valence-electron chi connectivity index (χ2n) is 5.07. The van der Waals surface area contributed by atoms with Crippen molar-refractivity contribution in [3.63, 3.8) is 0 Å². The van der Waals surface area contributed by atoms with E-state index in [1.807, 2.05) is 25.1 Å². The number of unbranched alkanes of at least 4 members (excludes halogenated alkanes) is 1. The Morgan fingerprint density at radius 1 is 1.26 bits per heavy atom. The second-order valence-corrected chi connectivity index (χ2v) is 5.92. The molecule has 2 nitrogen and oxygen atoms in total. The summed E-state index contributed by atoms with van der Waals surface area (Å²) >= 11 is 3.46. The molecule has 0 radical (unpaired) electrons. The van der Waals surface area contributed by atoms with Crippen LogP contribution in [0.5, 0.6) is 0 Å². The van der Waals surface area contributed by atoms with Gasteiger partial charge in [-0.3, -0.25) is 4.79 Å². The largest absolute Gasteiger partial charge is 0.349 e. The van der Waals surface area contributed by atoms with Gasteiger partial charge in [0.05, 0.1) is 0 Å². The van der Waals surface area contributed by atoms with Crippen molar-refractivity contribution in [2.75, 3.05) is 0 Å². The van der Waals surface area contributed by atoms with Crippen molar-refractivity contribution in [1.82, 2.24) is 5.32 Å². The van der Waals surface area contributed by atoms with Crippen molar-refractivity contribution in [3.05, 3.63) is 33.8 Å². The summed E-state index contributed by atoms with van der Waals surface area (Å²) in [5.41, 5.74) is 1.84. The van der Waals surface area contributed by atoms with Crippen LogP contribution in [0.15, 0.2) is 22.7 Å². The van der Waals surface area contributed by atoms with Crippen molar-refractivity contribution in [3.8, 4) is 0 Å². The molecular weight excluding hydrogens is 302 g/mol. The minimum absolute atomic E-state index is 0.0464. The summed E-state index contributed by atoms with van der Waals surface area (Å²) in [7, 11) is 0. The maximum Gasteiger partial charge on any atom is 0.251 e. The topological polar surface area (TPSA) is 29.1 Å². The smallest absolute Gasteiger partial charge is 0.251 e. The molecule has 0 aromatic heterocycles. The van der Waals surface area contributed by atoms with E-state index >= 15 is 0 Å². The molecule has 1 amide bonds. The molecular formula is C16H24BrNO. The average molecular weight is 326 g/mol. The van der Waals surface area contributed by atoms with Gasteiger partial charge in [0.1, 0.15) is 0 Å². The number of hydrogen-bond acceptors (Lipinski definition) is 1. The number of nitrogens with one attached hydrogen (secondary N) is 1. The third kappa shape index (κ3) is 5.35. The predicted molar refractivity (Wildman–Crippen MR) is 84.6 cm³/mol. The molecule has 0 bridgehead atoms. The van der Waals surface area contributed by atoms with Crippen LogP contribution in [0, 0.1) is 6.92 Å². The molecule has 0 saturated carbocycles. The fourth-order valence-corrected chi connectivity index (χ4v) is 2.39. The Balaban J connectivity index is 2.66. The lowest BCUT2D eigenvalue weighted by Gasteiger charge is -2.18. The van der Waals surface area contributed by atoms with Gasteiger partial charge in [-0.2, -0.15) is 0 Å². The number of amides is 1. The molecule has 0 saturated heterocycles. The Labute approximate surface area is 125 Å². The standard InChI is InChI=1S/C16H24BrNO/c1-4-6-8-14(7-5-2)18-16(19)13-9-10-15(17)12(3)11-13/h9-11,14H,4-8H2,1-3H3,(H,18,19). The zero-order valence-electron chi connectivity index (χ0n) is 12.1. The first-order valence-corrected chi connectivity index (χ1v) is 7.94. The first-order chi connectivity index (χ1) is 9.08.